The van der Waals surface area contributed by atoms with E-state index in [-0.39, 0.29) is 5.56 Å². The lowest BCUT2D eigenvalue weighted by Gasteiger charge is -2.01. The van der Waals surface area contributed by atoms with E-state index >= 15 is 0 Å². The first-order valence-corrected chi connectivity index (χ1v) is 5.76. The lowest BCUT2D eigenvalue weighted by atomic mass is 10.1. The molecule has 0 saturated heterocycles. The molecular formula is C12H11F2NS. The number of hydrogen-bond acceptors (Lipinski definition) is 2. The summed E-state index contributed by atoms with van der Waals surface area (Å²) in [7, 11) is 1.83. The van der Waals surface area contributed by atoms with Gasteiger partial charge in [-0.15, -0.1) is 11.3 Å². The molecule has 0 unspecified atom stereocenters. The largest absolute Gasteiger partial charge is 0.316 e. The van der Waals surface area contributed by atoms with Crippen molar-refractivity contribution in [3.05, 3.63) is 46.8 Å². The molecule has 16 heavy (non-hydrogen) atoms. The number of thiophene rings is 1. The second-order valence-electron chi connectivity index (χ2n) is 3.45. The average molecular weight is 239 g/mol. The number of halogens is 2. The lowest BCUT2D eigenvalue weighted by molar-refractivity contribution is 0.590. The summed E-state index contributed by atoms with van der Waals surface area (Å²) < 4.78 is 27.0. The number of benzene rings is 1. The monoisotopic (exact) mass is 239 g/mol. The Labute approximate surface area is 96.7 Å². The van der Waals surface area contributed by atoms with Crippen LogP contribution in [0.25, 0.3) is 10.4 Å². The van der Waals surface area contributed by atoms with E-state index in [1.807, 2.05) is 18.5 Å². The molecule has 0 spiro atoms. The van der Waals surface area contributed by atoms with Gasteiger partial charge in [-0.05, 0) is 36.2 Å². The Balaban J connectivity index is 2.42. The van der Waals surface area contributed by atoms with E-state index in [0.29, 0.717) is 11.4 Å². The summed E-state index contributed by atoms with van der Waals surface area (Å²) in [6.45, 7) is 0.701. The molecule has 0 aliphatic carbocycles. The predicted molar refractivity (Wildman–Crippen MR) is 62.4 cm³/mol. The van der Waals surface area contributed by atoms with Crippen LogP contribution >= 0.6 is 11.3 Å². The van der Waals surface area contributed by atoms with Crippen molar-refractivity contribution in [2.24, 2.45) is 0 Å². The van der Waals surface area contributed by atoms with E-state index in [2.05, 4.69) is 5.32 Å². The van der Waals surface area contributed by atoms with E-state index in [1.54, 1.807) is 0 Å². The molecule has 1 N–H and O–H groups in total. The Morgan fingerprint density at radius 1 is 1.25 bits per heavy atom. The molecule has 0 saturated carbocycles. The molecule has 2 aromatic rings. The fraction of sp³-hybridized carbons (Fsp3) is 0.167. The Hall–Kier alpha value is -1.26. The van der Waals surface area contributed by atoms with Gasteiger partial charge in [0.2, 0.25) is 0 Å². The van der Waals surface area contributed by atoms with Crippen LogP contribution in [0.2, 0.25) is 0 Å². The summed E-state index contributed by atoms with van der Waals surface area (Å²) in [4.78, 5) is 0.626. The van der Waals surface area contributed by atoms with Gasteiger partial charge < -0.3 is 5.32 Å². The summed E-state index contributed by atoms with van der Waals surface area (Å²) >= 11 is 1.35. The van der Waals surface area contributed by atoms with Crippen molar-refractivity contribution in [2.75, 3.05) is 7.05 Å². The zero-order valence-electron chi connectivity index (χ0n) is 8.76. The third kappa shape index (κ3) is 2.13. The van der Waals surface area contributed by atoms with Crippen molar-refractivity contribution in [3.8, 4) is 10.4 Å². The van der Waals surface area contributed by atoms with Gasteiger partial charge in [0.25, 0.3) is 0 Å². The highest BCUT2D eigenvalue weighted by molar-refractivity contribution is 7.13. The van der Waals surface area contributed by atoms with Crippen LogP contribution in [0.4, 0.5) is 8.78 Å². The van der Waals surface area contributed by atoms with Gasteiger partial charge in [-0.25, -0.2) is 8.78 Å². The zero-order valence-corrected chi connectivity index (χ0v) is 9.57. The van der Waals surface area contributed by atoms with Crippen molar-refractivity contribution in [3.63, 3.8) is 0 Å². The predicted octanol–water partition coefficient (Wildman–Crippen LogP) is 3.41. The van der Waals surface area contributed by atoms with Crippen molar-refractivity contribution in [1.29, 1.82) is 0 Å². The molecule has 0 aliphatic rings. The van der Waals surface area contributed by atoms with E-state index in [9.17, 15) is 8.78 Å². The first-order valence-electron chi connectivity index (χ1n) is 4.88. The van der Waals surface area contributed by atoms with Gasteiger partial charge in [-0.3, -0.25) is 0 Å². The highest BCUT2D eigenvalue weighted by Crippen LogP contribution is 2.31. The molecule has 0 atom stereocenters. The van der Waals surface area contributed by atoms with E-state index in [1.165, 1.54) is 29.5 Å². The smallest absolute Gasteiger partial charge is 0.134 e. The fourth-order valence-electron chi connectivity index (χ4n) is 1.54. The molecule has 1 aromatic heterocycles. The van der Waals surface area contributed by atoms with Gasteiger partial charge >= 0.3 is 0 Å². The first-order chi connectivity index (χ1) is 7.72. The minimum Gasteiger partial charge on any atom is -0.316 e. The zero-order chi connectivity index (χ0) is 11.5. The van der Waals surface area contributed by atoms with E-state index in [4.69, 9.17) is 0 Å². The van der Waals surface area contributed by atoms with Crippen molar-refractivity contribution in [1.82, 2.24) is 5.32 Å². The Kier molecular flexibility index (Phi) is 3.31. The van der Waals surface area contributed by atoms with Gasteiger partial charge in [-0.2, -0.15) is 0 Å². The highest BCUT2D eigenvalue weighted by atomic mass is 32.1. The van der Waals surface area contributed by atoms with Crippen LogP contribution in [0.5, 0.6) is 0 Å². The molecule has 4 heteroatoms. The van der Waals surface area contributed by atoms with Crippen molar-refractivity contribution >= 4 is 11.3 Å². The van der Waals surface area contributed by atoms with Gasteiger partial charge in [0.15, 0.2) is 0 Å². The van der Waals surface area contributed by atoms with Crippen LogP contribution in [0.15, 0.2) is 29.6 Å². The summed E-state index contributed by atoms with van der Waals surface area (Å²) in [5.41, 5.74) is 1.10. The van der Waals surface area contributed by atoms with Crippen LogP contribution < -0.4 is 5.32 Å². The van der Waals surface area contributed by atoms with Crippen LogP contribution in [-0.2, 0) is 6.54 Å². The Morgan fingerprint density at radius 2 is 1.94 bits per heavy atom. The minimum atomic E-state index is -0.516. The maximum atomic E-state index is 13.5. The Bertz CT molecular complexity index is 473. The summed E-state index contributed by atoms with van der Waals surface area (Å²) in [5.74, 6) is -1.03. The van der Waals surface area contributed by atoms with Crippen molar-refractivity contribution in [2.45, 2.75) is 6.54 Å². The third-order valence-electron chi connectivity index (χ3n) is 2.24. The summed E-state index contributed by atoms with van der Waals surface area (Å²) in [6.07, 6.45) is 0. The van der Waals surface area contributed by atoms with Crippen LogP contribution in [0.3, 0.4) is 0 Å². The Morgan fingerprint density at radius 3 is 2.56 bits per heavy atom. The lowest BCUT2D eigenvalue weighted by Crippen LogP contribution is -2.03. The molecule has 84 valence electrons. The maximum absolute atomic E-state index is 13.5. The molecule has 0 bridgehead atoms. The molecular weight excluding hydrogens is 228 g/mol. The number of hydrogen-bond donors (Lipinski definition) is 1. The quantitative estimate of drug-likeness (QED) is 0.865. The molecule has 0 radical (unpaired) electrons. The van der Waals surface area contributed by atoms with Gasteiger partial charge in [0.1, 0.15) is 11.6 Å². The topological polar surface area (TPSA) is 12.0 Å². The number of rotatable bonds is 3. The molecule has 1 nitrogen and oxygen atoms in total. The molecule has 0 aliphatic heterocycles. The highest BCUT2D eigenvalue weighted by Gasteiger charge is 2.12. The average Bonchev–Trinajstić information content (AvgIpc) is 2.67. The second-order valence-corrected chi connectivity index (χ2v) is 4.36. The van der Waals surface area contributed by atoms with Gasteiger partial charge in [-0.1, -0.05) is 6.07 Å². The minimum absolute atomic E-state index is 0.0647. The van der Waals surface area contributed by atoms with E-state index < -0.39 is 11.6 Å². The molecule has 0 amide bonds. The van der Waals surface area contributed by atoms with Crippen LogP contribution in [0.1, 0.15) is 5.56 Å². The maximum Gasteiger partial charge on any atom is 0.134 e. The molecule has 0 fully saturated rings. The normalized spacial score (nSPS) is 10.7. The molecule has 1 heterocycles. The number of nitrogens with one attached hydrogen (secondary N) is 1. The van der Waals surface area contributed by atoms with E-state index in [0.717, 1.165) is 5.56 Å². The first kappa shape index (κ1) is 11.2. The third-order valence-corrected chi connectivity index (χ3v) is 3.24. The van der Waals surface area contributed by atoms with Gasteiger partial charge in [0, 0.05) is 11.4 Å². The van der Waals surface area contributed by atoms with Gasteiger partial charge in [0.05, 0.1) is 5.56 Å². The standard InChI is InChI=1S/C12H11F2NS/c1-15-6-8-5-11(16-7-8)12-9(13)3-2-4-10(12)14/h2-5,7,15H,6H2,1H3. The fourth-order valence-corrected chi connectivity index (χ4v) is 2.50. The summed E-state index contributed by atoms with van der Waals surface area (Å²) in [5, 5.41) is 4.90. The second kappa shape index (κ2) is 4.72. The summed E-state index contributed by atoms with van der Waals surface area (Å²) in [6, 6.07) is 5.73. The van der Waals surface area contributed by atoms with Crippen molar-refractivity contribution < 1.29 is 8.78 Å². The van der Waals surface area contributed by atoms with Crippen LogP contribution in [-0.4, -0.2) is 7.05 Å². The SMILES string of the molecule is CNCc1csc(-c2c(F)cccc2F)c1. The molecule has 2 rings (SSSR count). The molecule has 1 aromatic carbocycles. The van der Waals surface area contributed by atoms with Crippen LogP contribution in [0, 0.1) is 11.6 Å².